The van der Waals surface area contributed by atoms with E-state index >= 15 is 0 Å². The smallest absolute Gasteiger partial charge is 0.238 e. The molecule has 2 aromatic rings. The van der Waals surface area contributed by atoms with Crippen molar-refractivity contribution in [1.29, 1.82) is 0 Å². The Morgan fingerprint density at radius 2 is 1.95 bits per heavy atom. The van der Waals surface area contributed by atoms with Gasteiger partial charge in [-0.15, -0.1) is 11.8 Å². The fraction of sp³-hybridized carbons (Fsp3) is 0.188. The van der Waals surface area contributed by atoms with Crippen LogP contribution in [0.3, 0.4) is 0 Å². The lowest BCUT2D eigenvalue weighted by molar-refractivity contribution is -0.115. The van der Waals surface area contributed by atoms with Crippen LogP contribution in [0.1, 0.15) is 16.5 Å². The van der Waals surface area contributed by atoms with Gasteiger partial charge in [-0.2, -0.15) is 0 Å². The van der Waals surface area contributed by atoms with Gasteiger partial charge in [-0.05, 0) is 30.2 Å². The maximum atomic E-state index is 12.2. The van der Waals surface area contributed by atoms with Crippen molar-refractivity contribution in [1.82, 2.24) is 0 Å². The lowest BCUT2D eigenvalue weighted by Gasteiger charge is -2.24. The van der Waals surface area contributed by atoms with E-state index in [9.17, 15) is 4.79 Å². The number of benzene rings is 2. The molecule has 1 saturated heterocycles. The Balaban J connectivity index is 2.00. The Hall–Kier alpha value is -1.45. The van der Waals surface area contributed by atoms with Crippen molar-refractivity contribution in [3.8, 4) is 0 Å². The standard InChI is InChI=1S/C16H14ClNOS/c1-11-7-8-13(9-14(11)17)18-15(19)10-20-16(18)12-5-3-2-4-6-12/h2-9,16H,10H2,1H3/t16-/m0/s1. The van der Waals surface area contributed by atoms with Gasteiger partial charge >= 0.3 is 0 Å². The van der Waals surface area contributed by atoms with Crippen molar-refractivity contribution in [3.05, 3.63) is 64.7 Å². The Kier molecular flexibility index (Phi) is 3.72. The van der Waals surface area contributed by atoms with Crippen molar-refractivity contribution in [2.75, 3.05) is 10.7 Å². The molecule has 1 aliphatic heterocycles. The molecular weight excluding hydrogens is 290 g/mol. The highest BCUT2D eigenvalue weighted by Gasteiger charge is 2.33. The van der Waals surface area contributed by atoms with Crippen LogP contribution in [-0.4, -0.2) is 11.7 Å². The summed E-state index contributed by atoms with van der Waals surface area (Å²) in [5, 5.41) is 0.724. The van der Waals surface area contributed by atoms with Crippen LogP contribution in [-0.2, 0) is 4.79 Å². The van der Waals surface area contributed by atoms with Crippen molar-refractivity contribution >= 4 is 35.0 Å². The van der Waals surface area contributed by atoms with E-state index in [2.05, 4.69) is 12.1 Å². The minimum absolute atomic E-state index is 0.0301. The normalized spacial score (nSPS) is 18.6. The predicted octanol–water partition coefficient (Wildman–Crippen LogP) is 4.43. The van der Waals surface area contributed by atoms with E-state index in [1.165, 1.54) is 0 Å². The molecule has 0 saturated carbocycles. The van der Waals surface area contributed by atoms with Crippen molar-refractivity contribution in [2.24, 2.45) is 0 Å². The minimum atomic E-state index is 0.0301. The lowest BCUT2D eigenvalue weighted by Crippen LogP contribution is -2.27. The zero-order valence-corrected chi connectivity index (χ0v) is 12.6. The molecule has 0 N–H and O–H groups in total. The molecule has 2 aromatic carbocycles. The largest absolute Gasteiger partial charge is 0.295 e. The first-order chi connectivity index (χ1) is 9.66. The molecule has 0 aromatic heterocycles. The Morgan fingerprint density at radius 1 is 1.20 bits per heavy atom. The number of amides is 1. The monoisotopic (exact) mass is 303 g/mol. The van der Waals surface area contributed by atoms with E-state index in [0.29, 0.717) is 10.8 Å². The summed E-state index contributed by atoms with van der Waals surface area (Å²) in [7, 11) is 0. The molecule has 0 spiro atoms. The van der Waals surface area contributed by atoms with Crippen LogP contribution in [0, 0.1) is 6.92 Å². The summed E-state index contributed by atoms with van der Waals surface area (Å²) in [6, 6.07) is 15.9. The fourth-order valence-corrected chi connectivity index (χ4v) is 3.65. The molecule has 1 fully saturated rings. The molecule has 1 amide bonds. The molecule has 1 heterocycles. The Labute approximate surface area is 127 Å². The van der Waals surface area contributed by atoms with E-state index in [1.807, 2.05) is 48.2 Å². The summed E-state index contributed by atoms with van der Waals surface area (Å²) in [6.07, 6.45) is 0. The molecule has 102 valence electrons. The summed E-state index contributed by atoms with van der Waals surface area (Å²) >= 11 is 7.84. The van der Waals surface area contributed by atoms with E-state index in [-0.39, 0.29) is 11.3 Å². The molecule has 0 radical (unpaired) electrons. The van der Waals surface area contributed by atoms with E-state index in [4.69, 9.17) is 11.6 Å². The van der Waals surface area contributed by atoms with E-state index in [1.54, 1.807) is 11.8 Å². The van der Waals surface area contributed by atoms with Gasteiger partial charge in [0.1, 0.15) is 5.37 Å². The second-order valence-corrected chi connectivity index (χ2v) is 6.25. The summed E-state index contributed by atoms with van der Waals surface area (Å²) in [5.74, 6) is 0.634. The number of hydrogen-bond acceptors (Lipinski definition) is 2. The molecule has 3 rings (SSSR count). The summed E-state index contributed by atoms with van der Waals surface area (Å²) in [6.45, 7) is 1.96. The van der Waals surface area contributed by atoms with Crippen LogP contribution in [0.5, 0.6) is 0 Å². The van der Waals surface area contributed by atoms with Crippen molar-refractivity contribution in [3.63, 3.8) is 0 Å². The topological polar surface area (TPSA) is 20.3 Å². The van der Waals surface area contributed by atoms with Crippen LogP contribution in [0.25, 0.3) is 0 Å². The van der Waals surface area contributed by atoms with Crippen LogP contribution in [0.2, 0.25) is 5.02 Å². The van der Waals surface area contributed by atoms with Gasteiger partial charge in [0.05, 0.1) is 5.75 Å². The maximum absolute atomic E-state index is 12.2. The Morgan fingerprint density at radius 3 is 2.65 bits per heavy atom. The van der Waals surface area contributed by atoms with E-state index < -0.39 is 0 Å². The molecule has 1 atom stereocenters. The highest BCUT2D eigenvalue weighted by atomic mass is 35.5. The van der Waals surface area contributed by atoms with Gasteiger partial charge in [-0.25, -0.2) is 0 Å². The first kappa shape index (κ1) is 13.5. The molecule has 0 aliphatic carbocycles. The SMILES string of the molecule is Cc1ccc(N2C(=O)CS[C@H]2c2ccccc2)cc1Cl. The van der Waals surface area contributed by atoms with Gasteiger partial charge < -0.3 is 0 Å². The third-order valence-electron chi connectivity index (χ3n) is 3.39. The Bertz CT molecular complexity index is 644. The summed E-state index contributed by atoms with van der Waals surface area (Å²) in [4.78, 5) is 14.1. The van der Waals surface area contributed by atoms with Crippen LogP contribution in [0.4, 0.5) is 5.69 Å². The van der Waals surface area contributed by atoms with Crippen LogP contribution in [0.15, 0.2) is 48.5 Å². The van der Waals surface area contributed by atoms with Gasteiger partial charge in [-0.1, -0.05) is 48.0 Å². The van der Waals surface area contributed by atoms with E-state index in [0.717, 1.165) is 16.8 Å². The number of carbonyl (C=O) groups excluding carboxylic acids is 1. The van der Waals surface area contributed by atoms with Crippen molar-refractivity contribution in [2.45, 2.75) is 12.3 Å². The zero-order chi connectivity index (χ0) is 14.1. The molecule has 2 nitrogen and oxygen atoms in total. The third-order valence-corrected chi connectivity index (χ3v) is 5.01. The van der Waals surface area contributed by atoms with Gasteiger partial charge in [0, 0.05) is 10.7 Å². The number of aryl methyl sites for hydroxylation is 1. The number of nitrogens with zero attached hydrogens (tertiary/aromatic N) is 1. The zero-order valence-electron chi connectivity index (χ0n) is 11.0. The molecule has 1 aliphatic rings. The van der Waals surface area contributed by atoms with Crippen molar-refractivity contribution < 1.29 is 4.79 Å². The first-order valence-corrected chi connectivity index (χ1v) is 7.84. The second kappa shape index (κ2) is 5.51. The average Bonchev–Trinajstić information content (AvgIpc) is 2.85. The number of rotatable bonds is 2. The van der Waals surface area contributed by atoms with Gasteiger partial charge in [0.25, 0.3) is 0 Å². The second-order valence-electron chi connectivity index (χ2n) is 4.77. The quantitative estimate of drug-likeness (QED) is 0.818. The highest BCUT2D eigenvalue weighted by Crippen LogP contribution is 2.42. The molecule has 0 bridgehead atoms. The van der Waals surface area contributed by atoms with Gasteiger partial charge in [0.15, 0.2) is 0 Å². The number of anilines is 1. The number of hydrogen-bond donors (Lipinski definition) is 0. The van der Waals surface area contributed by atoms with Gasteiger partial charge in [0.2, 0.25) is 5.91 Å². The summed E-state index contributed by atoms with van der Waals surface area (Å²) < 4.78 is 0. The molecule has 0 unspecified atom stereocenters. The van der Waals surface area contributed by atoms with Crippen LogP contribution < -0.4 is 4.90 Å². The lowest BCUT2D eigenvalue weighted by atomic mass is 10.1. The fourth-order valence-electron chi connectivity index (χ4n) is 2.30. The van der Waals surface area contributed by atoms with Gasteiger partial charge in [-0.3, -0.25) is 9.69 Å². The molecular formula is C16H14ClNOS. The minimum Gasteiger partial charge on any atom is -0.295 e. The summed E-state index contributed by atoms with van der Waals surface area (Å²) in [5.41, 5.74) is 3.02. The third kappa shape index (κ3) is 2.43. The average molecular weight is 304 g/mol. The number of carbonyl (C=O) groups is 1. The maximum Gasteiger partial charge on any atom is 0.238 e. The number of thioether (sulfide) groups is 1. The predicted molar refractivity (Wildman–Crippen MR) is 85.3 cm³/mol. The number of halogens is 1. The van der Waals surface area contributed by atoms with Crippen LogP contribution >= 0.6 is 23.4 Å². The molecule has 20 heavy (non-hydrogen) atoms. The molecule has 4 heteroatoms. The first-order valence-electron chi connectivity index (χ1n) is 6.41. The highest BCUT2D eigenvalue weighted by molar-refractivity contribution is 8.00.